The third-order valence-electron chi connectivity index (χ3n) is 3.76. The number of nitrogens with two attached hydrogens (primary N) is 1. The molecule has 5 heteroatoms. The molecule has 3 N–H and O–H groups in total. The number of carboxylic acid groups (broad SMARTS) is 1. The Bertz CT molecular complexity index is 330. The highest BCUT2D eigenvalue weighted by atomic mass is 16.4. The molecule has 2 unspecified atom stereocenters. The summed E-state index contributed by atoms with van der Waals surface area (Å²) in [6, 6.07) is 0. The number of nitrogens with zero attached hydrogens (tertiary/aromatic N) is 1. The number of hydrogen-bond acceptors (Lipinski definition) is 3. The summed E-state index contributed by atoms with van der Waals surface area (Å²) in [5.41, 5.74) is 4.61. The van der Waals surface area contributed by atoms with Crippen molar-refractivity contribution >= 4 is 11.9 Å². The first kappa shape index (κ1) is 15.0. The van der Waals surface area contributed by atoms with Gasteiger partial charge in [0.1, 0.15) is 5.54 Å². The molecule has 1 fully saturated rings. The second kappa shape index (κ2) is 5.69. The van der Waals surface area contributed by atoms with Gasteiger partial charge in [-0.1, -0.05) is 13.8 Å². The lowest BCUT2D eigenvalue weighted by molar-refractivity contribution is -0.157. The molecule has 0 radical (unpaired) electrons. The molecule has 2 atom stereocenters. The van der Waals surface area contributed by atoms with Crippen LogP contribution in [-0.4, -0.2) is 40.5 Å². The van der Waals surface area contributed by atoms with E-state index in [4.69, 9.17) is 5.73 Å². The van der Waals surface area contributed by atoms with E-state index in [9.17, 15) is 14.7 Å². The molecular weight excluding hydrogens is 232 g/mol. The average molecular weight is 256 g/mol. The van der Waals surface area contributed by atoms with Crippen LogP contribution in [0.1, 0.15) is 40.0 Å². The molecule has 5 nitrogen and oxygen atoms in total. The van der Waals surface area contributed by atoms with Gasteiger partial charge in [-0.25, -0.2) is 4.79 Å². The van der Waals surface area contributed by atoms with Gasteiger partial charge in [0, 0.05) is 13.1 Å². The van der Waals surface area contributed by atoms with Crippen LogP contribution in [-0.2, 0) is 9.59 Å². The number of rotatable bonds is 5. The largest absolute Gasteiger partial charge is 0.480 e. The zero-order valence-electron chi connectivity index (χ0n) is 11.5. The standard InChI is InChI=1S/C13H24N2O3/c1-9(2)7-10(8-14)11(16)15-6-4-5-13(15,3)12(17)18/h9-10H,4-8,14H2,1-3H3,(H,17,18). The van der Waals surface area contributed by atoms with Gasteiger partial charge in [0.2, 0.25) is 5.91 Å². The van der Waals surface area contributed by atoms with E-state index < -0.39 is 11.5 Å². The summed E-state index contributed by atoms with van der Waals surface area (Å²) in [6.45, 7) is 6.51. The van der Waals surface area contributed by atoms with Crippen molar-refractivity contribution in [1.82, 2.24) is 4.90 Å². The second-order valence-corrected chi connectivity index (χ2v) is 5.73. The number of likely N-dealkylation sites (tertiary alicyclic amines) is 1. The fraction of sp³-hybridized carbons (Fsp3) is 0.846. The summed E-state index contributed by atoms with van der Waals surface area (Å²) >= 11 is 0. The lowest BCUT2D eigenvalue weighted by atomic mass is 9.93. The maximum absolute atomic E-state index is 12.4. The molecule has 0 aromatic rings. The van der Waals surface area contributed by atoms with Crippen LogP contribution in [0.2, 0.25) is 0 Å². The van der Waals surface area contributed by atoms with Crippen LogP contribution in [0, 0.1) is 11.8 Å². The lowest BCUT2D eigenvalue weighted by Crippen LogP contribution is -2.53. The first-order valence-electron chi connectivity index (χ1n) is 6.58. The Hall–Kier alpha value is -1.10. The third kappa shape index (κ3) is 2.83. The molecule has 0 saturated carbocycles. The second-order valence-electron chi connectivity index (χ2n) is 5.73. The molecule has 1 aliphatic heterocycles. The number of carbonyl (C=O) groups is 2. The molecule has 1 amide bonds. The summed E-state index contributed by atoms with van der Waals surface area (Å²) in [5.74, 6) is -0.912. The van der Waals surface area contributed by atoms with Gasteiger partial charge in [-0.2, -0.15) is 0 Å². The molecule has 1 aliphatic rings. The number of amides is 1. The van der Waals surface area contributed by atoms with E-state index in [1.807, 2.05) is 13.8 Å². The molecule has 0 aromatic carbocycles. The van der Waals surface area contributed by atoms with Gasteiger partial charge in [-0.05, 0) is 32.1 Å². The van der Waals surface area contributed by atoms with Crippen LogP contribution in [0.4, 0.5) is 0 Å². The van der Waals surface area contributed by atoms with Crippen LogP contribution in [0.25, 0.3) is 0 Å². The zero-order valence-corrected chi connectivity index (χ0v) is 11.5. The molecule has 104 valence electrons. The SMILES string of the molecule is CC(C)CC(CN)C(=O)N1CCCC1(C)C(=O)O. The Balaban J connectivity index is 2.85. The van der Waals surface area contributed by atoms with Crippen molar-refractivity contribution in [3.8, 4) is 0 Å². The molecule has 0 spiro atoms. The Morgan fingerprint density at radius 3 is 2.50 bits per heavy atom. The van der Waals surface area contributed by atoms with Crippen LogP contribution >= 0.6 is 0 Å². The van der Waals surface area contributed by atoms with Crippen LogP contribution in [0.5, 0.6) is 0 Å². The van der Waals surface area contributed by atoms with Crippen molar-refractivity contribution in [3.63, 3.8) is 0 Å². The van der Waals surface area contributed by atoms with E-state index in [1.165, 1.54) is 4.90 Å². The van der Waals surface area contributed by atoms with Crippen molar-refractivity contribution in [2.24, 2.45) is 17.6 Å². The number of aliphatic carboxylic acids is 1. The number of carboxylic acids is 1. The fourth-order valence-electron chi connectivity index (χ4n) is 2.63. The predicted octanol–water partition coefficient (Wildman–Crippen LogP) is 1.07. The molecular formula is C13H24N2O3. The van der Waals surface area contributed by atoms with E-state index >= 15 is 0 Å². The lowest BCUT2D eigenvalue weighted by Gasteiger charge is -2.34. The van der Waals surface area contributed by atoms with E-state index in [2.05, 4.69) is 0 Å². The van der Waals surface area contributed by atoms with E-state index in [1.54, 1.807) is 6.92 Å². The first-order chi connectivity index (χ1) is 8.32. The Labute approximate surface area is 108 Å². The normalized spacial score (nSPS) is 25.5. The summed E-state index contributed by atoms with van der Waals surface area (Å²) in [6.07, 6.45) is 1.97. The molecule has 1 saturated heterocycles. The molecule has 1 heterocycles. The minimum Gasteiger partial charge on any atom is -0.480 e. The summed E-state index contributed by atoms with van der Waals surface area (Å²) in [4.78, 5) is 25.3. The van der Waals surface area contributed by atoms with Gasteiger partial charge in [0.05, 0.1) is 5.92 Å². The molecule has 0 aliphatic carbocycles. The van der Waals surface area contributed by atoms with E-state index in [0.717, 1.165) is 6.42 Å². The topological polar surface area (TPSA) is 83.6 Å². The highest BCUT2D eigenvalue weighted by Gasteiger charge is 2.47. The fourth-order valence-corrected chi connectivity index (χ4v) is 2.63. The maximum atomic E-state index is 12.4. The Kier molecular flexibility index (Phi) is 4.73. The van der Waals surface area contributed by atoms with E-state index in [-0.39, 0.29) is 18.4 Å². The quantitative estimate of drug-likeness (QED) is 0.770. The minimum atomic E-state index is -1.05. The van der Waals surface area contributed by atoms with E-state index in [0.29, 0.717) is 25.3 Å². The van der Waals surface area contributed by atoms with Crippen LogP contribution < -0.4 is 5.73 Å². The highest BCUT2D eigenvalue weighted by molar-refractivity contribution is 5.88. The predicted molar refractivity (Wildman–Crippen MR) is 69.0 cm³/mol. The summed E-state index contributed by atoms with van der Waals surface area (Å²) in [7, 11) is 0. The Morgan fingerprint density at radius 1 is 1.44 bits per heavy atom. The maximum Gasteiger partial charge on any atom is 0.329 e. The molecule has 1 rings (SSSR count). The van der Waals surface area contributed by atoms with Crippen molar-refractivity contribution in [1.29, 1.82) is 0 Å². The molecule has 0 bridgehead atoms. The number of carbonyl (C=O) groups excluding carboxylic acids is 1. The summed E-state index contributed by atoms with van der Waals surface area (Å²) < 4.78 is 0. The first-order valence-corrected chi connectivity index (χ1v) is 6.58. The smallest absolute Gasteiger partial charge is 0.329 e. The van der Waals surface area contributed by atoms with Crippen molar-refractivity contribution in [2.75, 3.05) is 13.1 Å². The zero-order chi connectivity index (χ0) is 13.9. The van der Waals surface area contributed by atoms with Gasteiger partial charge < -0.3 is 15.7 Å². The highest BCUT2D eigenvalue weighted by Crippen LogP contribution is 2.31. The van der Waals surface area contributed by atoms with Crippen molar-refractivity contribution < 1.29 is 14.7 Å². The van der Waals surface area contributed by atoms with Gasteiger partial charge >= 0.3 is 5.97 Å². The monoisotopic (exact) mass is 256 g/mol. The molecule has 0 aromatic heterocycles. The summed E-state index contributed by atoms with van der Waals surface area (Å²) in [5, 5.41) is 9.30. The molecule has 18 heavy (non-hydrogen) atoms. The Morgan fingerprint density at radius 2 is 2.06 bits per heavy atom. The number of hydrogen-bond donors (Lipinski definition) is 2. The van der Waals surface area contributed by atoms with Crippen LogP contribution in [0.15, 0.2) is 0 Å². The van der Waals surface area contributed by atoms with Gasteiger partial charge in [-0.15, -0.1) is 0 Å². The van der Waals surface area contributed by atoms with Crippen LogP contribution in [0.3, 0.4) is 0 Å². The van der Waals surface area contributed by atoms with Gasteiger partial charge in [0.15, 0.2) is 0 Å². The van der Waals surface area contributed by atoms with Gasteiger partial charge in [0.25, 0.3) is 0 Å². The van der Waals surface area contributed by atoms with Crippen molar-refractivity contribution in [3.05, 3.63) is 0 Å². The van der Waals surface area contributed by atoms with Crippen molar-refractivity contribution in [2.45, 2.75) is 45.6 Å². The third-order valence-corrected chi connectivity index (χ3v) is 3.76. The van der Waals surface area contributed by atoms with Gasteiger partial charge in [-0.3, -0.25) is 4.79 Å². The average Bonchev–Trinajstić information content (AvgIpc) is 2.68. The minimum absolute atomic E-state index is 0.103.